The Balaban J connectivity index is 1.76. The van der Waals surface area contributed by atoms with Crippen LogP contribution in [0.25, 0.3) is 0 Å². The number of benzene rings is 1. The third-order valence-electron chi connectivity index (χ3n) is 3.01. The average molecular weight is 297 g/mol. The lowest BCUT2D eigenvalue weighted by atomic mass is 10.0. The fourth-order valence-corrected chi connectivity index (χ4v) is 1.96. The zero-order valence-corrected chi connectivity index (χ0v) is 12.4. The molecule has 1 aliphatic heterocycles. The molecule has 21 heavy (non-hydrogen) atoms. The van der Waals surface area contributed by atoms with Crippen LogP contribution >= 0.6 is 0 Å². The molecular weight excluding hydrogens is 277 g/mol. The van der Waals surface area contributed by atoms with Crippen molar-refractivity contribution < 1.29 is 23.8 Å². The summed E-state index contributed by atoms with van der Waals surface area (Å²) in [7, 11) is 0. The number of nitrogens with zero attached hydrogens (tertiary/aromatic N) is 1. The summed E-state index contributed by atoms with van der Waals surface area (Å²) in [5.74, 6) is -0.294. The Morgan fingerprint density at radius 2 is 2.10 bits per heavy atom. The van der Waals surface area contributed by atoms with Gasteiger partial charge in [0.1, 0.15) is 11.4 Å². The molecule has 1 fully saturated rings. The second-order valence-electron chi connectivity index (χ2n) is 6.17. The van der Waals surface area contributed by atoms with Gasteiger partial charge < -0.3 is 19.5 Å². The Labute approximate surface area is 123 Å². The lowest BCUT2D eigenvalue weighted by Crippen LogP contribution is -2.53. The van der Waals surface area contributed by atoms with Gasteiger partial charge in [0.25, 0.3) is 0 Å². The van der Waals surface area contributed by atoms with Crippen LogP contribution in [0.4, 0.5) is 9.18 Å². The summed E-state index contributed by atoms with van der Waals surface area (Å²) in [6, 6.07) is 3.55. The lowest BCUT2D eigenvalue weighted by Gasteiger charge is -2.39. The van der Waals surface area contributed by atoms with Gasteiger partial charge in [-0.3, -0.25) is 0 Å². The van der Waals surface area contributed by atoms with E-state index < -0.39 is 11.4 Å². The number of ether oxygens (including phenoxy) is 2. The highest BCUT2D eigenvalue weighted by Crippen LogP contribution is 2.28. The second kappa shape index (κ2) is 5.79. The van der Waals surface area contributed by atoms with Crippen LogP contribution in [-0.2, 0) is 4.74 Å². The van der Waals surface area contributed by atoms with Crippen LogP contribution in [0.2, 0.25) is 0 Å². The maximum atomic E-state index is 13.0. The summed E-state index contributed by atoms with van der Waals surface area (Å²) in [5, 5.41) is 9.53. The van der Waals surface area contributed by atoms with Crippen molar-refractivity contribution in [1.82, 2.24) is 4.90 Å². The van der Waals surface area contributed by atoms with Crippen LogP contribution < -0.4 is 4.74 Å². The van der Waals surface area contributed by atoms with Crippen molar-refractivity contribution >= 4 is 6.09 Å². The van der Waals surface area contributed by atoms with E-state index in [2.05, 4.69) is 0 Å². The zero-order chi connectivity index (χ0) is 15.6. The predicted molar refractivity (Wildman–Crippen MR) is 74.9 cm³/mol. The predicted octanol–water partition coefficient (Wildman–Crippen LogP) is 2.78. The van der Waals surface area contributed by atoms with Crippen molar-refractivity contribution in [2.24, 2.45) is 5.92 Å². The van der Waals surface area contributed by atoms with Gasteiger partial charge >= 0.3 is 6.09 Å². The molecule has 0 unspecified atom stereocenters. The van der Waals surface area contributed by atoms with Crippen LogP contribution in [0.15, 0.2) is 18.2 Å². The van der Waals surface area contributed by atoms with Crippen molar-refractivity contribution in [2.45, 2.75) is 26.4 Å². The van der Waals surface area contributed by atoms with Crippen molar-refractivity contribution in [3.63, 3.8) is 0 Å². The van der Waals surface area contributed by atoms with E-state index in [-0.39, 0.29) is 23.5 Å². The highest BCUT2D eigenvalue weighted by molar-refractivity contribution is 5.69. The summed E-state index contributed by atoms with van der Waals surface area (Å²) in [5.41, 5.74) is -0.508. The highest BCUT2D eigenvalue weighted by Gasteiger charge is 2.34. The Morgan fingerprint density at radius 1 is 1.43 bits per heavy atom. The molecule has 1 saturated heterocycles. The van der Waals surface area contributed by atoms with E-state index in [4.69, 9.17) is 9.47 Å². The first kappa shape index (κ1) is 15.4. The number of aromatic hydroxyl groups is 1. The van der Waals surface area contributed by atoms with Crippen LogP contribution in [-0.4, -0.2) is 41.4 Å². The molecule has 5 nitrogen and oxygen atoms in total. The fraction of sp³-hybridized carbons (Fsp3) is 0.533. The fourth-order valence-electron chi connectivity index (χ4n) is 1.96. The number of carbonyl (C=O) groups excluding carboxylic acids is 1. The van der Waals surface area contributed by atoms with E-state index in [0.717, 1.165) is 12.1 Å². The first-order valence-electron chi connectivity index (χ1n) is 6.84. The molecule has 1 aromatic carbocycles. The van der Waals surface area contributed by atoms with Crippen LogP contribution in [0.3, 0.4) is 0 Å². The number of rotatable bonds is 3. The van der Waals surface area contributed by atoms with Gasteiger partial charge in [-0.05, 0) is 32.9 Å². The van der Waals surface area contributed by atoms with E-state index in [1.54, 1.807) is 4.90 Å². The number of phenolic OH excluding ortho intramolecular Hbond substituents is 1. The first-order valence-corrected chi connectivity index (χ1v) is 6.84. The Hall–Kier alpha value is -1.98. The normalized spacial score (nSPS) is 15.5. The quantitative estimate of drug-likeness (QED) is 0.932. The number of hydrogen-bond donors (Lipinski definition) is 1. The molecule has 0 radical (unpaired) electrons. The van der Waals surface area contributed by atoms with Gasteiger partial charge in [0.05, 0.1) is 6.61 Å². The number of hydrogen-bond acceptors (Lipinski definition) is 4. The number of carbonyl (C=O) groups is 1. The molecule has 0 aromatic heterocycles. The van der Waals surface area contributed by atoms with Crippen molar-refractivity contribution in [1.29, 1.82) is 0 Å². The summed E-state index contributed by atoms with van der Waals surface area (Å²) in [6.45, 7) is 6.83. The van der Waals surface area contributed by atoms with Crippen molar-refractivity contribution in [3.05, 3.63) is 24.0 Å². The topological polar surface area (TPSA) is 59.0 Å². The molecule has 0 spiro atoms. The Kier molecular flexibility index (Phi) is 4.25. The van der Waals surface area contributed by atoms with E-state index in [9.17, 15) is 14.3 Å². The summed E-state index contributed by atoms with van der Waals surface area (Å²) in [6.07, 6.45) is -0.340. The van der Waals surface area contributed by atoms with Gasteiger partial charge in [-0.25, -0.2) is 9.18 Å². The number of amides is 1. The minimum Gasteiger partial charge on any atom is -0.504 e. The van der Waals surface area contributed by atoms with Gasteiger partial charge in [-0.1, -0.05) is 0 Å². The molecule has 0 saturated carbocycles. The molecule has 6 heteroatoms. The lowest BCUT2D eigenvalue weighted by molar-refractivity contribution is -0.00798. The summed E-state index contributed by atoms with van der Waals surface area (Å²) >= 11 is 0. The second-order valence-corrected chi connectivity index (χ2v) is 6.17. The van der Waals surface area contributed by atoms with Crippen LogP contribution in [0.5, 0.6) is 11.5 Å². The van der Waals surface area contributed by atoms with E-state index >= 15 is 0 Å². The molecule has 116 valence electrons. The largest absolute Gasteiger partial charge is 0.504 e. The van der Waals surface area contributed by atoms with Gasteiger partial charge in [0.2, 0.25) is 0 Å². The third kappa shape index (κ3) is 4.24. The molecule has 0 atom stereocenters. The average Bonchev–Trinajstić information content (AvgIpc) is 2.29. The zero-order valence-electron chi connectivity index (χ0n) is 12.4. The molecule has 1 aromatic rings. The standard InChI is InChI=1S/C15H20FNO4/c1-15(2,3)21-14(19)17-7-10(8-17)9-20-13-6-11(16)4-5-12(13)18/h4-6,10,18H,7-9H2,1-3H3. The monoisotopic (exact) mass is 297 g/mol. The van der Waals surface area contributed by atoms with Crippen LogP contribution in [0, 0.1) is 11.7 Å². The maximum absolute atomic E-state index is 13.0. The molecular formula is C15H20FNO4. The summed E-state index contributed by atoms with van der Waals surface area (Å²) < 4.78 is 23.7. The van der Waals surface area contributed by atoms with E-state index in [1.807, 2.05) is 20.8 Å². The van der Waals surface area contributed by atoms with Gasteiger partial charge in [-0.15, -0.1) is 0 Å². The minimum absolute atomic E-state index is 0.0975. The van der Waals surface area contributed by atoms with Crippen molar-refractivity contribution in [3.8, 4) is 11.5 Å². The van der Waals surface area contributed by atoms with E-state index in [0.29, 0.717) is 19.7 Å². The minimum atomic E-state index is -0.508. The number of halogens is 1. The van der Waals surface area contributed by atoms with Crippen LogP contribution in [0.1, 0.15) is 20.8 Å². The highest BCUT2D eigenvalue weighted by atomic mass is 19.1. The number of likely N-dealkylation sites (tertiary alicyclic amines) is 1. The molecule has 1 N–H and O–H groups in total. The SMILES string of the molecule is CC(C)(C)OC(=O)N1CC(COc2cc(F)ccc2O)C1. The van der Waals surface area contributed by atoms with Crippen molar-refractivity contribution in [2.75, 3.05) is 19.7 Å². The van der Waals surface area contributed by atoms with E-state index in [1.165, 1.54) is 6.07 Å². The molecule has 2 rings (SSSR count). The first-order chi connectivity index (χ1) is 9.74. The summed E-state index contributed by atoms with van der Waals surface area (Å²) in [4.78, 5) is 13.3. The Bertz CT molecular complexity index is 521. The number of phenols is 1. The maximum Gasteiger partial charge on any atom is 0.410 e. The molecule has 1 aliphatic rings. The van der Waals surface area contributed by atoms with Gasteiger partial charge in [-0.2, -0.15) is 0 Å². The molecule has 0 aliphatic carbocycles. The smallest absolute Gasteiger partial charge is 0.410 e. The molecule has 1 heterocycles. The molecule has 1 amide bonds. The van der Waals surface area contributed by atoms with Gasteiger partial charge in [0.15, 0.2) is 11.5 Å². The van der Waals surface area contributed by atoms with Gasteiger partial charge in [0, 0.05) is 25.1 Å². The third-order valence-corrected chi connectivity index (χ3v) is 3.01. The Morgan fingerprint density at radius 3 is 2.71 bits per heavy atom. The molecule has 0 bridgehead atoms.